The van der Waals surface area contributed by atoms with Gasteiger partial charge < -0.3 is 24.6 Å². The summed E-state index contributed by atoms with van der Waals surface area (Å²) in [6.45, 7) is 1.04. The lowest BCUT2D eigenvalue weighted by Gasteiger charge is -2.34. The smallest absolute Gasteiger partial charge is 0.382 e. The summed E-state index contributed by atoms with van der Waals surface area (Å²) >= 11 is 0.548. The number of aromatic amines is 1. The number of alkyl halides is 6. The first-order valence-corrected chi connectivity index (χ1v) is 11.8. The molecule has 1 amide bonds. The van der Waals surface area contributed by atoms with E-state index in [-0.39, 0.29) is 37.3 Å². The number of carbonyl (C=O) groups is 1. The number of methoxy groups -OCH3 is 1. The Bertz CT molecular complexity index is 1100. The van der Waals surface area contributed by atoms with E-state index in [1.54, 1.807) is 14.9 Å². The molecule has 1 saturated heterocycles. The molecule has 2 N–H and O–H groups in total. The zero-order valence-electron chi connectivity index (χ0n) is 19.5. The minimum Gasteiger partial charge on any atom is -0.382 e. The Balaban J connectivity index is 1.45. The number of hydrogen-bond acceptors (Lipinski definition) is 9. The molecule has 1 atom stereocenters. The molecular formula is C20H24F6N6O4S. The van der Waals surface area contributed by atoms with Crippen LogP contribution in [0, 0.1) is 0 Å². The molecule has 0 aliphatic carbocycles. The predicted molar refractivity (Wildman–Crippen MR) is 120 cm³/mol. The second kappa shape index (κ2) is 12.1. The number of anilines is 2. The van der Waals surface area contributed by atoms with E-state index in [1.807, 2.05) is 0 Å². The van der Waals surface area contributed by atoms with Crippen molar-refractivity contribution in [1.82, 2.24) is 20.1 Å². The fraction of sp³-hybridized carbons (Fsp3) is 0.600. The molecule has 1 unspecified atom stereocenters. The topological polar surface area (TPSA) is 113 Å². The predicted octanol–water partition coefficient (Wildman–Crippen LogP) is 2.45. The number of ether oxygens (including phenoxy) is 2. The molecule has 2 aromatic heterocycles. The average Bonchev–Trinajstić information content (AvgIpc) is 3.32. The summed E-state index contributed by atoms with van der Waals surface area (Å²) in [6, 6.07) is -0.770. The Morgan fingerprint density at radius 2 is 1.84 bits per heavy atom. The van der Waals surface area contributed by atoms with Crippen LogP contribution < -0.4 is 15.8 Å². The van der Waals surface area contributed by atoms with Crippen LogP contribution >= 0.6 is 11.3 Å². The van der Waals surface area contributed by atoms with Gasteiger partial charge in [0.05, 0.1) is 50.4 Å². The van der Waals surface area contributed by atoms with Gasteiger partial charge in [-0.2, -0.15) is 31.4 Å². The first kappa shape index (κ1) is 28.6. The largest absolute Gasteiger partial charge is 0.427 e. The third-order valence-electron chi connectivity index (χ3n) is 5.32. The Labute approximate surface area is 210 Å². The highest BCUT2D eigenvalue weighted by Crippen LogP contribution is 2.36. The van der Waals surface area contributed by atoms with Crippen molar-refractivity contribution in [2.24, 2.45) is 0 Å². The van der Waals surface area contributed by atoms with Gasteiger partial charge >= 0.3 is 12.4 Å². The van der Waals surface area contributed by atoms with E-state index < -0.39 is 40.1 Å². The van der Waals surface area contributed by atoms with Crippen molar-refractivity contribution in [3.63, 3.8) is 0 Å². The molecule has 17 heteroatoms. The van der Waals surface area contributed by atoms with Crippen LogP contribution in [-0.2, 0) is 26.6 Å². The van der Waals surface area contributed by atoms with E-state index in [9.17, 15) is 35.9 Å². The van der Waals surface area contributed by atoms with E-state index in [2.05, 4.69) is 15.4 Å². The third kappa shape index (κ3) is 7.78. The normalized spacial score (nSPS) is 15.6. The number of rotatable bonds is 10. The van der Waals surface area contributed by atoms with Crippen LogP contribution in [-0.4, -0.2) is 85.1 Å². The number of hydrogen-bond donors (Lipinski definition) is 2. The van der Waals surface area contributed by atoms with Gasteiger partial charge in [-0.25, -0.2) is 10.1 Å². The van der Waals surface area contributed by atoms with Crippen molar-refractivity contribution in [1.29, 1.82) is 0 Å². The highest BCUT2D eigenvalue weighted by atomic mass is 32.1. The number of nitrogens with one attached hydrogen (secondary N) is 2. The number of aromatic nitrogens is 3. The molecule has 0 aromatic carbocycles. The van der Waals surface area contributed by atoms with Crippen molar-refractivity contribution in [2.45, 2.75) is 24.8 Å². The average molecular weight is 559 g/mol. The van der Waals surface area contributed by atoms with Crippen LogP contribution in [0.25, 0.3) is 0 Å². The van der Waals surface area contributed by atoms with E-state index in [0.29, 0.717) is 37.5 Å². The second-order valence-electron chi connectivity index (χ2n) is 7.98. The molecule has 0 radical (unpaired) electrons. The monoisotopic (exact) mass is 558 g/mol. The van der Waals surface area contributed by atoms with Crippen LogP contribution in [0.2, 0.25) is 0 Å². The number of nitrogens with zero attached hydrogens (tertiary/aromatic N) is 4. The molecule has 37 heavy (non-hydrogen) atoms. The zero-order valence-corrected chi connectivity index (χ0v) is 20.3. The fourth-order valence-corrected chi connectivity index (χ4v) is 4.41. The molecular weight excluding hydrogens is 534 g/mol. The number of thiazole rings is 1. The first-order chi connectivity index (χ1) is 17.4. The number of amides is 1. The maximum absolute atomic E-state index is 13.2. The molecule has 1 fully saturated rings. The molecule has 0 spiro atoms. The van der Waals surface area contributed by atoms with E-state index in [4.69, 9.17) is 9.47 Å². The Morgan fingerprint density at radius 1 is 1.14 bits per heavy atom. The summed E-state index contributed by atoms with van der Waals surface area (Å²) in [5, 5.41) is 7.93. The van der Waals surface area contributed by atoms with Gasteiger partial charge in [-0.1, -0.05) is 11.3 Å². The summed E-state index contributed by atoms with van der Waals surface area (Å²) in [4.78, 5) is 30.4. The van der Waals surface area contributed by atoms with Gasteiger partial charge in [0, 0.05) is 33.3 Å². The van der Waals surface area contributed by atoms with Crippen LogP contribution in [0.5, 0.6) is 0 Å². The molecule has 0 bridgehead atoms. The minimum absolute atomic E-state index is 0.00443. The zero-order chi connectivity index (χ0) is 27.2. The van der Waals surface area contributed by atoms with Gasteiger partial charge in [-0.15, -0.1) is 0 Å². The van der Waals surface area contributed by atoms with Crippen LogP contribution in [0.3, 0.4) is 0 Å². The Morgan fingerprint density at radius 3 is 2.43 bits per heavy atom. The standard InChI is InChI=1S/C20H24F6N6O4S/c1-35-10-12(29-13-8-28-30-17(34)16(13)20(24,25)26)11-36-7-2-15(33)31-3-5-32(6-4-31)18-27-9-14(37-18)19(21,22)23/h8-9,12H,2-7,10-11H2,1H3,(H2,29,30,34). The lowest BCUT2D eigenvalue weighted by molar-refractivity contribution is -0.138. The van der Waals surface area contributed by atoms with Crippen molar-refractivity contribution in [3.05, 3.63) is 33.2 Å². The van der Waals surface area contributed by atoms with Crippen LogP contribution in [0.15, 0.2) is 17.2 Å². The lowest BCUT2D eigenvalue weighted by atomic mass is 10.2. The van der Waals surface area contributed by atoms with Gasteiger partial charge in [0.1, 0.15) is 10.4 Å². The molecule has 206 valence electrons. The molecule has 1 aliphatic heterocycles. The van der Waals surface area contributed by atoms with Gasteiger partial charge in [0.15, 0.2) is 5.13 Å². The lowest BCUT2D eigenvalue weighted by Crippen LogP contribution is -2.49. The van der Waals surface area contributed by atoms with Crippen molar-refractivity contribution >= 4 is 28.1 Å². The first-order valence-electron chi connectivity index (χ1n) is 10.9. The summed E-state index contributed by atoms with van der Waals surface area (Å²) < 4.78 is 88.5. The van der Waals surface area contributed by atoms with Crippen molar-refractivity contribution in [2.75, 3.05) is 63.3 Å². The molecule has 3 rings (SSSR count). The number of carbonyl (C=O) groups excluding carboxylic acids is 1. The second-order valence-corrected chi connectivity index (χ2v) is 8.99. The Kier molecular flexibility index (Phi) is 9.36. The van der Waals surface area contributed by atoms with Gasteiger partial charge in [0.2, 0.25) is 5.91 Å². The molecule has 3 heterocycles. The van der Waals surface area contributed by atoms with Crippen LogP contribution in [0.4, 0.5) is 37.2 Å². The van der Waals surface area contributed by atoms with Gasteiger partial charge in [-0.05, 0) is 0 Å². The van der Waals surface area contributed by atoms with E-state index in [1.165, 1.54) is 7.11 Å². The van der Waals surface area contributed by atoms with Gasteiger partial charge in [0.25, 0.3) is 5.56 Å². The van der Waals surface area contributed by atoms with E-state index >= 15 is 0 Å². The maximum atomic E-state index is 13.2. The highest BCUT2D eigenvalue weighted by Gasteiger charge is 2.38. The number of H-pyrrole nitrogens is 1. The summed E-state index contributed by atoms with van der Waals surface area (Å²) in [5.74, 6) is -0.232. The SMILES string of the molecule is COCC(COCCC(=O)N1CCN(c2ncc(C(F)(F)F)s2)CC1)Nc1cn[nH]c(=O)c1C(F)(F)F. The summed E-state index contributed by atoms with van der Waals surface area (Å²) in [5.41, 5.74) is -3.35. The fourth-order valence-electron chi connectivity index (χ4n) is 3.57. The summed E-state index contributed by atoms with van der Waals surface area (Å²) in [7, 11) is 1.34. The summed E-state index contributed by atoms with van der Waals surface area (Å²) in [6.07, 6.45) is -7.74. The van der Waals surface area contributed by atoms with Crippen molar-refractivity contribution < 1.29 is 40.6 Å². The number of piperazine rings is 1. The maximum Gasteiger partial charge on any atom is 0.427 e. The quantitative estimate of drug-likeness (QED) is 0.338. The van der Waals surface area contributed by atoms with E-state index in [0.717, 1.165) is 12.4 Å². The third-order valence-corrected chi connectivity index (χ3v) is 6.43. The molecule has 10 nitrogen and oxygen atoms in total. The van der Waals surface area contributed by atoms with Crippen molar-refractivity contribution in [3.8, 4) is 0 Å². The minimum atomic E-state index is -4.91. The Hall–Kier alpha value is -2.92. The molecule has 2 aromatic rings. The highest BCUT2D eigenvalue weighted by molar-refractivity contribution is 7.15. The van der Waals surface area contributed by atoms with Gasteiger partial charge in [-0.3, -0.25) is 9.59 Å². The molecule has 0 saturated carbocycles. The van der Waals surface area contributed by atoms with Crippen LogP contribution in [0.1, 0.15) is 16.9 Å². The number of halogens is 6. The molecule has 1 aliphatic rings.